The van der Waals surface area contributed by atoms with Crippen molar-refractivity contribution in [1.29, 1.82) is 0 Å². The van der Waals surface area contributed by atoms with Gasteiger partial charge in [-0.05, 0) is 32.0 Å². The molecule has 1 amide bonds. The molecule has 2 aromatic rings. The zero-order valence-electron chi connectivity index (χ0n) is 12.8. The van der Waals surface area contributed by atoms with Gasteiger partial charge in [0.15, 0.2) is 0 Å². The van der Waals surface area contributed by atoms with Crippen molar-refractivity contribution in [2.24, 2.45) is 0 Å². The number of methoxy groups -OCH3 is 1. The summed E-state index contributed by atoms with van der Waals surface area (Å²) >= 11 is 0. The van der Waals surface area contributed by atoms with Crippen LogP contribution in [0.1, 0.15) is 29.8 Å². The van der Waals surface area contributed by atoms with Gasteiger partial charge in [0, 0.05) is 17.3 Å². The van der Waals surface area contributed by atoms with E-state index in [2.05, 4.69) is 5.32 Å². The number of carbonyl (C=O) groups is 1. The maximum Gasteiger partial charge on any atom is 0.254 e. The van der Waals surface area contributed by atoms with Gasteiger partial charge in [0.05, 0.1) is 18.2 Å². The maximum absolute atomic E-state index is 13.9. The topological polar surface area (TPSA) is 64.3 Å². The monoisotopic (exact) mass is 302 g/mol. The molecule has 0 bridgehead atoms. The molecule has 4 nitrogen and oxygen atoms in total. The predicted octanol–water partition coefficient (Wildman–Crippen LogP) is 3.08. The quantitative estimate of drug-likeness (QED) is 0.853. The van der Waals surface area contributed by atoms with Crippen LogP contribution in [0.25, 0.3) is 0 Å². The molecule has 116 valence electrons. The van der Waals surface area contributed by atoms with Gasteiger partial charge in [-0.3, -0.25) is 4.79 Å². The summed E-state index contributed by atoms with van der Waals surface area (Å²) in [5.74, 6) is -0.161. The Kier molecular flexibility index (Phi) is 4.35. The van der Waals surface area contributed by atoms with Crippen LogP contribution in [-0.4, -0.2) is 13.0 Å². The highest BCUT2D eigenvalue weighted by Crippen LogP contribution is 2.25. The Morgan fingerprint density at radius 3 is 2.50 bits per heavy atom. The molecule has 22 heavy (non-hydrogen) atoms. The molecule has 0 saturated heterocycles. The molecular weight excluding hydrogens is 283 g/mol. The van der Waals surface area contributed by atoms with E-state index in [1.54, 1.807) is 50.2 Å². The molecule has 5 heteroatoms. The van der Waals surface area contributed by atoms with E-state index >= 15 is 0 Å². The van der Waals surface area contributed by atoms with E-state index in [1.807, 2.05) is 0 Å². The number of nitrogen functional groups attached to an aromatic ring is 1. The van der Waals surface area contributed by atoms with Gasteiger partial charge in [-0.2, -0.15) is 0 Å². The standard InChI is InChI=1S/C17H19FN2O2/c1-17(2,13-6-4-5-7-14(13)18)20-16(21)12-9-8-11(22-3)10-15(12)19/h4-10H,19H2,1-3H3,(H,20,21). The van der Waals surface area contributed by atoms with Crippen molar-refractivity contribution in [2.75, 3.05) is 12.8 Å². The van der Waals surface area contributed by atoms with Crippen LogP contribution in [0.2, 0.25) is 0 Å². The highest BCUT2D eigenvalue weighted by molar-refractivity contribution is 5.99. The van der Waals surface area contributed by atoms with Crippen molar-refractivity contribution >= 4 is 11.6 Å². The number of nitrogens with one attached hydrogen (secondary N) is 1. The Balaban J connectivity index is 2.26. The Morgan fingerprint density at radius 1 is 1.23 bits per heavy atom. The number of anilines is 1. The Morgan fingerprint density at radius 2 is 1.91 bits per heavy atom. The van der Waals surface area contributed by atoms with Crippen molar-refractivity contribution in [3.63, 3.8) is 0 Å². The van der Waals surface area contributed by atoms with Crippen LogP contribution in [0.4, 0.5) is 10.1 Å². The van der Waals surface area contributed by atoms with Crippen LogP contribution in [-0.2, 0) is 5.54 Å². The fraction of sp³-hybridized carbons (Fsp3) is 0.235. The molecule has 0 unspecified atom stereocenters. The lowest BCUT2D eigenvalue weighted by Crippen LogP contribution is -2.41. The van der Waals surface area contributed by atoms with Gasteiger partial charge in [0.25, 0.3) is 5.91 Å². The summed E-state index contributed by atoms with van der Waals surface area (Å²) in [6, 6.07) is 11.2. The van der Waals surface area contributed by atoms with E-state index in [4.69, 9.17) is 10.5 Å². The second kappa shape index (κ2) is 6.05. The minimum absolute atomic E-state index is 0.307. The number of nitrogens with two attached hydrogens (primary N) is 1. The molecule has 0 spiro atoms. The van der Waals surface area contributed by atoms with E-state index in [1.165, 1.54) is 13.2 Å². The average molecular weight is 302 g/mol. The van der Waals surface area contributed by atoms with Gasteiger partial charge in [-0.1, -0.05) is 18.2 Å². The zero-order chi connectivity index (χ0) is 16.3. The number of benzene rings is 2. The summed E-state index contributed by atoms with van der Waals surface area (Å²) in [5.41, 5.74) is 6.05. The molecule has 0 aliphatic rings. The lowest BCUT2D eigenvalue weighted by atomic mass is 9.93. The van der Waals surface area contributed by atoms with Crippen LogP contribution in [0.5, 0.6) is 5.75 Å². The van der Waals surface area contributed by atoms with E-state index in [0.29, 0.717) is 22.6 Å². The number of rotatable bonds is 4. The average Bonchev–Trinajstić information content (AvgIpc) is 2.46. The predicted molar refractivity (Wildman–Crippen MR) is 84.3 cm³/mol. The third kappa shape index (κ3) is 3.19. The lowest BCUT2D eigenvalue weighted by Gasteiger charge is -2.27. The van der Waals surface area contributed by atoms with E-state index in [9.17, 15) is 9.18 Å². The molecule has 0 aromatic heterocycles. The van der Waals surface area contributed by atoms with Crippen molar-refractivity contribution in [2.45, 2.75) is 19.4 Å². The van der Waals surface area contributed by atoms with Crippen molar-refractivity contribution < 1.29 is 13.9 Å². The van der Waals surface area contributed by atoms with E-state index in [0.717, 1.165) is 0 Å². The first-order valence-corrected chi connectivity index (χ1v) is 6.86. The smallest absolute Gasteiger partial charge is 0.254 e. The highest BCUT2D eigenvalue weighted by Gasteiger charge is 2.27. The van der Waals surface area contributed by atoms with Crippen LogP contribution >= 0.6 is 0 Å². The molecule has 0 atom stereocenters. The minimum atomic E-state index is -0.866. The number of carbonyl (C=O) groups excluding carboxylic acids is 1. The highest BCUT2D eigenvalue weighted by atomic mass is 19.1. The van der Waals surface area contributed by atoms with Gasteiger partial charge in [0.2, 0.25) is 0 Å². The number of amides is 1. The van der Waals surface area contributed by atoms with E-state index in [-0.39, 0.29) is 11.7 Å². The molecule has 2 rings (SSSR count). The third-order valence-electron chi connectivity index (χ3n) is 3.48. The first-order chi connectivity index (χ1) is 10.3. The second-order valence-electron chi connectivity index (χ2n) is 5.51. The molecule has 0 heterocycles. The summed E-state index contributed by atoms with van der Waals surface area (Å²) in [6.07, 6.45) is 0. The second-order valence-corrected chi connectivity index (χ2v) is 5.51. The Bertz CT molecular complexity index is 699. The summed E-state index contributed by atoms with van der Waals surface area (Å²) in [7, 11) is 1.52. The van der Waals surface area contributed by atoms with Crippen LogP contribution < -0.4 is 15.8 Å². The van der Waals surface area contributed by atoms with Crippen molar-refractivity contribution in [1.82, 2.24) is 5.32 Å². The van der Waals surface area contributed by atoms with E-state index < -0.39 is 5.54 Å². The number of halogens is 1. The number of hydrogen-bond donors (Lipinski definition) is 2. The van der Waals surface area contributed by atoms with Gasteiger partial charge in [-0.25, -0.2) is 4.39 Å². The van der Waals surface area contributed by atoms with Gasteiger partial charge < -0.3 is 15.8 Å². The fourth-order valence-corrected chi connectivity index (χ4v) is 2.26. The molecule has 0 saturated carbocycles. The summed E-state index contributed by atoms with van der Waals surface area (Å²) < 4.78 is 19.0. The molecule has 0 aliphatic carbocycles. The van der Waals surface area contributed by atoms with Gasteiger partial charge in [0.1, 0.15) is 11.6 Å². The third-order valence-corrected chi connectivity index (χ3v) is 3.48. The van der Waals surface area contributed by atoms with Crippen LogP contribution in [0.3, 0.4) is 0 Å². The lowest BCUT2D eigenvalue weighted by molar-refractivity contribution is 0.0911. The maximum atomic E-state index is 13.9. The Hall–Kier alpha value is -2.56. The molecule has 0 aliphatic heterocycles. The van der Waals surface area contributed by atoms with Gasteiger partial charge >= 0.3 is 0 Å². The summed E-state index contributed by atoms with van der Waals surface area (Å²) in [5, 5.41) is 2.81. The molecule has 0 fully saturated rings. The molecule has 2 aromatic carbocycles. The normalized spacial score (nSPS) is 11.1. The van der Waals surface area contributed by atoms with Crippen molar-refractivity contribution in [3.05, 3.63) is 59.4 Å². The zero-order valence-corrected chi connectivity index (χ0v) is 12.8. The summed E-state index contributed by atoms with van der Waals surface area (Å²) in [4.78, 5) is 12.4. The molecule has 3 N–H and O–H groups in total. The first-order valence-electron chi connectivity index (χ1n) is 6.86. The SMILES string of the molecule is COc1ccc(C(=O)NC(C)(C)c2ccccc2F)c(N)c1. The molecule has 0 radical (unpaired) electrons. The summed E-state index contributed by atoms with van der Waals surface area (Å²) in [6.45, 7) is 3.48. The minimum Gasteiger partial charge on any atom is -0.497 e. The molecular formula is C17H19FN2O2. The van der Waals surface area contributed by atoms with Crippen molar-refractivity contribution in [3.8, 4) is 5.75 Å². The van der Waals surface area contributed by atoms with Crippen LogP contribution in [0.15, 0.2) is 42.5 Å². The number of hydrogen-bond acceptors (Lipinski definition) is 3. The van der Waals surface area contributed by atoms with Crippen LogP contribution in [0, 0.1) is 5.82 Å². The first kappa shape index (κ1) is 15.8. The number of ether oxygens (including phenoxy) is 1. The van der Waals surface area contributed by atoms with Gasteiger partial charge in [-0.15, -0.1) is 0 Å². The fourth-order valence-electron chi connectivity index (χ4n) is 2.26. The Labute approximate surface area is 129 Å². The largest absolute Gasteiger partial charge is 0.497 e.